The Labute approximate surface area is 104 Å². The summed E-state index contributed by atoms with van der Waals surface area (Å²) in [5, 5.41) is 0. The molecule has 1 aliphatic carbocycles. The molecule has 0 amide bonds. The van der Waals surface area contributed by atoms with E-state index in [9.17, 15) is 4.39 Å². The lowest BCUT2D eigenvalue weighted by Gasteiger charge is -2.27. The second-order valence-corrected chi connectivity index (χ2v) is 5.64. The highest BCUT2D eigenvalue weighted by atomic mass is 79.9. The van der Waals surface area contributed by atoms with E-state index in [0.717, 1.165) is 24.2 Å². The standard InChI is InChI=1S/C13H16BrFO/c1-16-13-6-5-11(15)8-12(13)9-3-2-4-10(14)7-9/h5-6,8-10H,2-4,7H2,1H3. The first-order valence-electron chi connectivity index (χ1n) is 5.68. The molecule has 0 radical (unpaired) electrons. The van der Waals surface area contributed by atoms with Gasteiger partial charge in [0.15, 0.2) is 0 Å². The number of hydrogen-bond donors (Lipinski definition) is 0. The van der Waals surface area contributed by atoms with Crippen LogP contribution in [-0.2, 0) is 0 Å². The van der Waals surface area contributed by atoms with E-state index < -0.39 is 0 Å². The molecule has 1 aliphatic rings. The maximum Gasteiger partial charge on any atom is 0.123 e. The number of hydrogen-bond acceptors (Lipinski definition) is 1. The summed E-state index contributed by atoms with van der Waals surface area (Å²) in [5.41, 5.74) is 1.02. The number of benzene rings is 1. The van der Waals surface area contributed by atoms with Crippen LogP contribution in [0.5, 0.6) is 5.75 Å². The fourth-order valence-corrected chi connectivity index (χ4v) is 3.21. The first kappa shape index (κ1) is 11.9. The highest BCUT2D eigenvalue weighted by Gasteiger charge is 2.24. The van der Waals surface area contributed by atoms with Crippen LogP contribution in [0.1, 0.15) is 37.2 Å². The molecule has 1 nitrogen and oxygen atoms in total. The number of methoxy groups -OCH3 is 1. The third-order valence-corrected chi connectivity index (χ3v) is 4.07. The molecule has 0 spiro atoms. The molecule has 0 saturated heterocycles. The molecule has 3 heteroatoms. The van der Waals surface area contributed by atoms with Crippen molar-refractivity contribution in [3.8, 4) is 5.75 Å². The summed E-state index contributed by atoms with van der Waals surface area (Å²) in [7, 11) is 1.64. The van der Waals surface area contributed by atoms with E-state index in [1.54, 1.807) is 19.2 Å². The Morgan fingerprint density at radius 3 is 2.88 bits per heavy atom. The maximum absolute atomic E-state index is 13.3. The molecule has 0 bridgehead atoms. The Morgan fingerprint density at radius 1 is 1.38 bits per heavy atom. The summed E-state index contributed by atoms with van der Waals surface area (Å²) in [5.74, 6) is 1.06. The molecule has 1 aromatic carbocycles. The smallest absolute Gasteiger partial charge is 0.123 e. The van der Waals surface area contributed by atoms with Crippen molar-refractivity contribution in [1.29, 1.82) is 0 Å². The topological polar surface area (TPSA) is 9.23 Å². The van der Waals surface area contributed by atoms with Crippen molar-refractivity contribution in [3.63, 3.8) is 0 Å². The first-order valence-corrected chi connectivity index (χ1v) is 6.59. The molecule has 2 unspecified atom stereocenters. The lowest BCUT2D eigenvalue weighted by molar-refractivity contribution is 0.388. The Hall–Kier alpha value is -0.570. The molecule has 0 aromatic heterocycles. The number of rotatable bonds is 2. The minimum absolute atomic E-state index is 0.174. The van der Waals surface area contributed by atoms with Crippen LogP contribution in [0.15, 0.2) is 18.2 Å². The van der Waals surface area contributed by atoms with Crippen LogP contribution in [0.4, 0.5) is 4.39 Å². The third-order valence-electron chi connectivity index (χ3n) is 3.24. The molecule has 1 saturated carbocycles. The highest BCUT2D eigenvalue weighted by molar-refractivity contribution is 9.09. The summed E-state index contributed by atoms with van der Waals surface area (Å²) < 4.78 is 18.6. The van der Waals surface area contributed by atoms with E-state index in [1.807, 2.05) is 0 Å². The van der Waals surface area contributed by atoms with Gasteiger partial charge >= 0.3 is 0 Å². The van der Waals surface area contributed by atoms with Crippen LogP contribution in [0.3, 0.4) is 0 Å². The van der Waals surface area contributed by atoms with Gasteiger partial charge in [-0.1, -0.05) is 22.4 Å². The second kappa shape index (κ2) is 5.17. The van der Waals surface area contributed by atoms with Crippen molar-refractivity contribution >= 4 is 15.9 Å². The van der Waals surface area contributed by atoms with Crippen molar-refractivity contribution in [2.24, 2.45) is 0 Å². The fourth-order valence-electron chi connectivity index (χ4n) is 2.44. The molecule has 0 aliphatic heterocycles. The predicted octanol–water partition coefficient (Wildman–Crippen LogP) is 4.26. The lowest BCUT2D eigenvalue weighted by Crippen LogP contribution is -2.14. The van der Waals surface area contributed by atoms with Gasteiger partial charge in [-0.3, -0.25) is 0 Å². The van der Waals surface area contributed by atoms with Gasteiger partial charge in [0.25, 0.3) is 0 Å². The van der Waals surface area contributed by atoms with Crippen LogP contribution in [0.2, 0.25) is 0 Å². The summed E-state index contributed by atoms with van der Waals surface area (Å²) in [6.45, 7) is 0. The van der Waals surface area contributed by atoms with Crippen molar-refractivity contribution in [3.05, 3.63) is 29.6 Å². The Morgan fingerprint density at radius 2 is 2.19 bits per heavy atom. The largest absolute Gasteiger partial charge is 0.496 e. The minimum Gasteiger partial charge on any atom is -0.496 e. The predicted molar refractivity (Wildman–Crippen MR) is 66.9 cm³/mol. The molecular weight excluding hydrogens is 271 g/mol. The monoisotopic (exact) mass is 286 g/mol. The number of halogens is 2. The molecule has 1 aromatic rings. The van der Waals surface area contributed by atoms with Gasteiger partial charge in [-0.2, -0.15) is 0 Å². The normalized spacial score (nSPS) is 25.4. The van der Waals surface area contributed by atoms with E-state index >= 15 is 0 Å². The second-order valence-electron chi connectivity index (χ2n) is 4.35. The molecule has 1 fully saturated rings. The van der Waals surface area contributed by atoms with E-state index in [4.69, 9.17) is 4.74 Å². The molecule has 0 heterocycles. The fraction of sp³-hybridized carbons (Fsp3) is 0.538. The zero-order chi connectivity index (χ0) is 11.5. The summed E-state index contributed by atoms with van der Waals surface area (Å²) in [4.78, 5) is 0.555. The Kier molecular flexibility index (Phi) is 3.85. The lowest BCUT2D eigenvalue weighted by atomic mass is 9.83. The first-order chi connectivity index (χ1) is 7.70. The molecule has 16 heavy (non-hydrogen) atoms. The summed E-state index contributed by atoms with van der Waals surface area (Å²) in [6, 6.07) is 4.80. The molecular formula is C13H16BrFO. The van der Waals surface area contributed by atoms with Gasteiger partial charge in [-0.05, 0) is 43.4 Å². The van der Waals surface area contributed by atoms with Gasteiger partial charge in [0.05, 0.1) is 7.11 Å². The van der Waals surface area contributed by atoms with Gasteiger partial charge in [-0.25, -0.2) is 4.39 Å². The molecule has 2 atom stereocenters. The third kappa shape index (κ3) is 2.57. The Balaban J connectivity index is 2.26. The Bertz CT molecular complexity index is 367. The van der Waals surface area contributed by atoms with E-state index in [-0.39, 0.29) is 5.82 Å². The van der Waals surface area contributed by atoms with Crippen LogP contribution in [-0.4, -0.2) is 11.9 Å². The number of ether oxygens (including phenoxy) is 1. The van der Waals surface area contributed by atoms with Crippen molar-refractivity contribution in [2.45, 2.75) is 36.4 Å². The number of alkyl halides is 1. The maximum atomic E-state index is 13.3. The molecule has 88 valence electrons. The zero-order valence-corrected chi connectivity index (χ0v) is 11.0. The van der Waals surface area contributed by atoms with Crippen molar-refractivity contribution in [2.75, 3.05) is 7.11 Å². The van der Waals surface area contributed by atoms with Gasteiger partial charge in [0.2, 0.25) is 0 Å². The van der Waals surface area contributed by atoms with E-state index in [1.165, 1.54) is 18.9 Å². The summed E-state index contributed by atoms with van der Waals surface area (Å²) >= 11 is 3.66. The van der Waals surface area contributed by atoms with Gasteiger partial charge < -0.3 is 4.74 Å². The van der Waals surface area contributed by atoms with Crippen LogP contribution in [0, 0.1) is 5.82 Å². The zero-order valence-electron chi connectivity index (χ0n) is 9.38. The average Bonchev–Trinajstić information content (AvgIpc) is 2.29. The summed E-state index contributed by atoms with van der Waals surface area (Å²) in [6.07, 6.45) is 4.61. The molecule has 2 rings (SSSR count). The SMILES string of the molecule is COc1ccc(F)cc1C1CCCC(Br)C1. The van der Waals surface area contributed by atoms with Crippen LogP contribution >= 0.6 is 15.9 Å². The van der Waals surface area contributed by atoms with Crippen LogP contribution in [0.25, 0.3) is 0 Å². The van der Waals surface area contributed by atoms with Crippen molar-refractivity contribution in [1.82, 2.24) is 0 Å². The van der Waals surface area contributed by atoms with E-state index in [2.05, 4.69) is 15.9 Å². The average molecular weight is 287 g/mol. The minimum atomic E-state index is -0.174. The van der Waals surface area contributed by atoms with E-state index in [0.29, 0.717) is 10.7 Å². The van der Waals surface area contributed by atoms with Crippen LogP contribution < -0.4 is 4.74 Å². The quantitative estimate of drug-likeness (QED) is 0.739. The van der Waals surface area contributed by atoms with Gasteiger partial charge in [0, 0.05) is 10.4 Å². The van der Waals surface area contributed by atoms with Gasteiger partial charge in [0.1, 0.15) is 11.6 Å². The van der Waals surface area contributed by atoms with Gasteiger partial charge in [-0.15, -0.1) is 0 Å². The van der Waals surface area contributed by atoms with Crippen molar-refractivity contribution < 1.29 is 9.13 Å². The molecule has 0 N–H and O–H groups in total. The highest BCUT2D eigenvalue weighted by Crippen LogP contribution is 2.39.